The molecule has 0 fully saturated rings. The van der Waals surface area contributed by atoms with Crippen molar-refractivity contribution in [1.82, 2.24) is 14.8 Å². The molecule has 0 radical (unpaired) electrons. The lowest BCUT2D eigenvalue weighted by molar-refractivity contribution is 0.768. The maximum atomic E-state index is 4.10. The van der Waals surface area contributed by atoms with Crippen molar-refractivity contribution >= 4 is 5.69 Å². The Morgan fingerprint density at radius 3 is 2.93 bits per heavy atom. The van der Waals surface area contributed by atoms with E-state index in [1.807, 2.05) is 37.9 Å². The van der Waals surface area contributed by atoms with Crippen LogP contribution in [0.3, 0.4) is 0 Å². The summed E-state index contributed by atoms with van der Waals surface area (Å²) in [7, 11) is 1.90. The minimum Gasteiger partial charge on any atom is -0.378 e. The Kier molecular flexibility index (Phi) is 2.67. The molecule has 0 saturated heterocycles. The van der Waals surface area contributed by atoms with E-state index >= 15 is 0 Å². The van der Waals surface area contributed by atoms with E-state index in [-0.39, 0.29) is 0 Å². The molecule has 0 atom stereocenters. The molecule has 0 amide bonds. The van der Waals surface area contributed by atoms with Crippen molar-refractivity contribution in [3.63, 3.8) is 0 Å². The first kappa shape index (κ1) is 9.71. The van der Waals surface area contributed by atoms with Gasteiger partial charge >= 0.3 is 0 Å². The van der Waals surface area contributed by atoms with Gasteiger partial charge in [-0.2, -0.15) is 5.10 Å². The summed E-state index contributed by atoms with van der Waals surface area (Å²) in [5.74, 6) is 0. The van der Waals surface area contributed by atoms with E-state index in [1.165, 1.54) is 11.1 Å². The third-order valence-electron chi connectivity index (χ3n) is 2.34. The predicted molar refractivity (Wildman–Crippen MR) is 59.5 cm³/mol. The molecule has 4 nitrogen and oxygen atoms in total. The highest BCUT2D eigenvalue weighted by Gasteiger charge is 1.98. The van der Waals surface area contributed by atoms with Crippen molar-refractivity contribution in [2.24, 2.45) is 7.05 Å². The Hall–Kier alpha value is -1.84. The fourth-order valence-corrected chi connectivity index (χ4v) is 1.39. The standard InChI is InChI=1S/C11H14N4/c1-9-3-4-12-5-10(9)6-13-11-7-14-15(2)8-11/h3-5,7-8,13H,6H2,1-2H3. The normalized spacial score (nSPS) is 10.3. The van der Waals surface area contributed by atoms with E-state index < -0.39 is 0 Å². The van der Waals surface area contributed by atoms with Gasteiger partial charge in [0.1, 0.15) is 0 Å². The Balaban J connectivity index is 2.02. The van der Waals surface area contributed by atoms with Crippen molar-refractivity contribution in [1.29, 1.82) is 0 Å². The predicted octanol–water partition coefficient (Wildman–Crippen LogP) is 1.74. The second kappa shape index (κ2) is 4.13. The fraction of sp³-hybridized carbons (Fsp3) is 0.273. The van der Waals surface area contributed by atoms with Crippen LogP contribution in [0, 0.1) is 6.92 Å². The monoisotopic (exact) mass is 202 g/mol. The van der Waals surface area contributed by atoms with Gasteiger partial charge in [-0.1, -0.05) is 0 Å². The highest BCUT2D eigenvalue weighted by Crippen LogP contribution is 2.09. The van der Waals surface area contributed by atoms with Gasteiger partial charge in [-0.05, 0) is 24.1 Å². The molecule has 0 spiro atoms. The molecular weight excluding hydrogens is 188 g/mol. The number of nitrogens with zero attached hydrogens (tertiary/aromatic N) is 3. The lowest BCUT2D eigenvalue weighted by Gasteiger charge is -2.05. The van der Waals surface area contributed by atoms with Gasteiger partial charge in [0, 0.05) is 32.2 Å². The second-order valence-corrected chi connectivity index (χ2v) is 3.56. The maximum absolute atomic E-state index is 4.10. The molecule has 0 bridgehead atoms. The van der Waals surface area contributed by atoms with Crippen molar-refractivity contribution in [3.05, 3.63) is 42.0 Å². The fourth-order valence-electron chi connectivity index (χ4n) is 1.39. The van der Waals surface area contributed by atoms with Crippen LogP contribution >= 0.6 is 0 Å². The van der Waals surface area contributed by atoms with Crippen LogP contribution in [0.5, 0.6) is 0 Å². The molecule has 2 heterocycles. The number of rotatable bonds is 3. The summed E-state index contributed by atoms with van der Waals surface area (Å²) in [6.45, 7) is 2.87. The Bertz CT molecular complexity index is 447. The molecule has 1 N–H and O–H groups in total. The molecule has 0 saturated carbocycles. The summed E-state index contributed by atoms with van der Waals surface area (Å²) in [4.78, 5) is 4.10. The number of hydrogen-bond acceptors (Lipinski definition) is 3. The highest BCUT2D eigenvalue weighted by molar-refractivity contribution is 5.39. The van der Waals surface area contributed by atoms with E-state index in [4.69, 9.17) is 0 Å². The third kappa shape index (κ3) is 2.34. The van der Waals surface area contributed by atoms with Crippen LogP contribution in [0.1, 0.15) is 11.1 Å². The summed E-state index contributed by atoms with van der Waals surface area (Å²) >= 11 is 0. The summed E-state index contributed by atoms with van der Waals surface area (Å²) in [6.07, 6.45) is 7.46. The molecule has 0 aromatic carbocycles. The zero-order valence-corrected chi connectivity index (χ0v) is 8.94. The smallest absolute Gasteiger partial charge is 0.0729 e. The molecule has 2 aromatic rings. The van der Waals surface area contributed by atoms with E-state index in [9.17, 15) is 0 Å². The summed E-state index contributed by atoms with van der Waals surface area (Å²) < 4.78 is 1.78. The zero-order chi connectivity index (χ0) is 10.7. The van der Waals surface area contributed by atoms with Gasteiger partial charge in [-0.15, -0.1) is 0 Å². The van der Waals surface area contributed by atoms with E-state index in [0.29, 0.717) is 0 Å². The first-order chi connectivity index (χ1) is 7.25. The molecule has 4 heteroatoms. The summed E-state index contributed by atoms with van der Waals surface area (Å²) in [6, 6.07) is 2.01. The molecular formula is C11H14N4. The van der Waals surface area contributed by atoms with Crippen LogP contribution in [0.2, 0.25) is 0 Å². The topological polar surface area (TPSA) is 42.7 Å². The SMILES string of the molecule is Cc1ccncc1CNc1cnn(C)c1. The quantitative estimate of drug-likeness (QED) is 0.824. The Morgan fingerprint density at radius 1 is 1.40 bits per heavy atom. The van der Waals surface area contributed by atoms with Crippen molar-refractivity contribution in [3.8, 4) is 0 Å². The molecule has 15 heavy (non-hydrogen) atoms. The van der Waals surface area contributed by atoms with E-state index in [0.717, 1.165) is 12.2 Å². The van der Waals surface area contributed by atoms with Crippen molar-refractivity contribution in [2.45, 2.75) is 13.5 Å². The number of aromatic nitrogens is 3. The lowest BCUT2D eigenvalue weighted by atomic mass is 10.1. The number of nitrogens with one attached hydrogen (secondary N) is 1. The Labute approximate surface area is 89.0 Å². The average Bonchev–Trinajstić information content (AvgIpc) is 2.63. The van der Waals surface area contributed by atoms with Gasteiger partial charge < -0.3 is 5.32 Å². The number of pyridine rings is 1. The number of anilines is 1. The second-order valence-electron chi connectivity index (χ2n) is 3.56. The van der Waals surface area contributed by atoms with Crippen molar-refractivity contribution in [2.75, 3.05) is 5.32 Å². The van der Waals surface area contributed by atoms with Gasteiger partial charge in [-0.25, -0.2) is 0 Å². The van der Waals surface area contributed by atoms with Gasteiger partial charge in [0.2, 0.25) is 0 Å². The molecule has 0 aliphatic rings. The third-order valence-corrected chi connectivity index (χ3v) is 2.34. The van der Waals surface area contributed by atoms with Gasteiger partial charge in [0.15, 0.2) is 0 Å². The number of hydrogen-bond donors (Lipinski definition) is 1. The van der Waals surface area contributed by atoms with E-state index in [1.54, 1.807) is 4.68 Å². The van der Waals surface area contributed by atoms with Crippen LogP contribution in [-0.4, -0.2) is 14.8 Å². The number of aryl methyl sites for hydroxylation is 2. The first-order valence-corrected chi connectivity index (χ1v) is 4.88. The van der Waals surface area contributed by atoms with Gasteiger partial charge in [-0.3, -0.25) is 9.67 Å². The molecule has 78 valence electrons. The van der Waals surface area contributed by atoms with Crippen LogP contribution in [-0.2, 0) is 13.6 Å². The molecule has 2 aromatic heterocycles. The van der Waals surface area contributed by atoms with Crippen LogP contribution < -0.4 is 5.32 Å². The van der Waals surface area contributed by atoms with Crippen LogP contribution in [0.4, 0.5) is 5.69 Å². The van der Waals surface area contributed by atoms with E-state index in [2.05, 4.69) is 22.3 Å². The van der Waals surface area contributed by atoms with Crippen LogP contribution in [0.25, 0.3) is 0 Å². The van der Waals surface area contributed by atoms with Crippen LogP contribution in [0.15, 0.2) is 30.9 Å². The lowest BCUT2D eigenvalue weighted by Crippen LogP contribution is -2.00. The average molecular weight is 202 g/mol. The minimum absolute atomic E-state index is 0.783. The molecule has 0 aliphatic carbocycles. The molecule has 0 unspecified atom stereocenters. The Morgan fingerprint density at radius 2 is 2.27 bits per heavy atom. The molecule has 2 rings (SSSR count). The van der Waals surface area contributed by atoms with Crippen molar-refractivity contribution < 1.29 is 0 Å². The largest absolute Gasteiger partial charge is 0.378 e. The zero-order valence-electron chi connectivity index (χ0n) is 8.94. The summed E-state index contributed by atoms with van der Waals surface area (Å²) in [5, 5.41) is 7.39. The first-order valence-electron chi connectivity index (χ1n) is 4.88. The highest BCUT2D eigenvalue weighted by atomic mass is 15.3. The summed E-state index contributed by atoms with van der Waals surface area (Å²) in [5.41, 5.74) is 3.49. The van der Waals surface area contributed by atoms with Gasteiger partial charge in [0.05, 0.1) is 11.9 Å². The molecule has 0 aliphatic heterocycles. The maximum Gasteiger partial charge on any atom is 0.0729 e. The minimum atomic E-state index is 0.783. The van der Waals surface area contributed by atoms with Gasteiger partial charge in [0.25, 0.3) is 0 Å².